The Hall–Kier alpha value is -3.51. The standard InChI is InChI=1S/C25H39N5O7/c1-3-15(2)21(30-22(33)17(27)11-7-8-12-26)24(35)28-18(14-20(31)32)23(34)29-19(25(36)37)13-16-9-5-4-6-10-16/h4-6,9-10,15,17-19,21H,3,7-8,11-14,26-27H2,1-2H3,(H,28,35)(H,29,34)(H,30,33)(H,31,32)(H,36,37). The highest BCUT2D eigenvalue weighted by atomic mass is 16.4. The second kappa shape index (κ2) is 16.3. The molecule has 5 atom stereocenters. The van der Waals surface area contributed by atoms with Crippen LogP contribution in [-0.4, -0.2) is 70.6 Å². The molecule has 37 heavy (non-hydrogen) atoms. The number of hydrogen-bond donors (Lipinski definition) is 7. The van der Waals surface area contributed by atoms with E-state index in [4.69, 9.17) is 11.5 Å². The van der Waals surface area contributed by atoms with Crippen molar-refractivity contribution in [3.05, 3.63) is 35.9 Å². The van der Waals surface area contributed by atoms with Gasteiger partial charge in [0, 0.05) is 6.42 Å². The molecule has 0 saturated carbocycles. The molecule has 5 unspecified atom stereocenters. The topological polar surface area (TPSA) is 214 Å². The average Bonchev–Trinajstić information content (AvgIpc) is 2.85. The fraction of sp³-hybridized carbons (Fsp3) is 0.560. The van der Waals surface area contributed by atoms with E-state index >= 15 is 0 Å². The van der Waals surface area contributed by atoms with Crippen LogP contribution < -0.4 is 27.4 Å². The smallest absolute Gasteiger partial charge is 0.326 e. The molecule has 1 aromatic rings. The highest BCUT2D eigenvalue weighted by Gasteiger charge is 2.33. The summed E-state index contributed by atoms with van der Waals surface area (Å²) < 4.78 is 0. The summed E-state index contributed by atoms with van der Waals surface area (Å²) in [5.41, 5.74) is 12.0. The first-order chi connectivity index (χ1) is 17.5. The molecule has 206 valence electrons. The van der Waals surface area contributed by atoms with E-state index in [0.29, 0.717) is 37.8 Å². The minimum Gasteiger partial charge on any atom is -0.481 e. The van der Waals surface area contributed by atoms with Crippen molar-refractivity contribution in [1.82, 2.24) is 16.0 Å². The molecule has 3 amide bonds. The van der Waals surface area contributed by atoms with Crippen LogP contribution in [-0.2, 0) is 30.4 Å². The molecule has 0 aromatic heterocycles. The van der Waals surface area contributed by atoms with E-state index in [9.17, 15) is 34.2 Å². The monoisotopic (exact) mass is 521 g/mol. The van der Waals surface area contributed by atoms with Crippen LogP contribution in [0.4, 0.5) is 0 Å². The van der Waals surface area contributed by atoms with Gasteiger partial charge >= 0.3 is 11.9 Å². The van der Waals surface area contributed by atoms with Gasteiger partial charge in [-0.05, 0) is 30.9 Å². The maximum absolute atomic E-state index is 13.1. The van der Waals surface area contributed by atoms with Crippen molar-refractivity contribution in [2.24, 2.45) is 17.4 Å². The molecule has 0 aliphatic rings. The molecular formula is C25H39N5O7. The Morgan fingerprint density at radius 2 is 1.51 bits per heavy atom. The largest absolute Gasteiger partial charge is 0.481 e. The molecular weight excluding hydrogens is 482 g/mol. The quantitative estimate of drug-likeness (QED) is 0.134. The minimum absolute atomic E-state index is 0.0384. The van der Waals surface area contributed by atoms with Crippen LogP contribution in [0, 0.1) is 5.92 Å². The summed E-state index contributed by atoms with van der Waals surface area (Å²) in [6, 6.07) is 3.73. The zero-order valence-electron chi connectivity index (χ0n) is 21.3. The van der Waals surface area contributed by atoms with Gasteiger partial charge in [-0.3, -0.25) is 19.2 Å². The molecule has 0 aliphatic carbocycles. The van der Waals surface area contributed by atoms with Gasteiger partial charge in [-0.2, -0.15) is 0 Å². The van der Waals surface area contributed by atoms with Gasteiger partial charge in [0.2, 0.25) is 17.7 Å². The first kappa shape index (κ1) is 31.5. The number of hydrogen-bond acceptors (Lipinski definition) is 7. The van der Waals surface area contributed by atoms with E-state index in [2.05, 4.69) is 16.0 Å². The highest BCUT2D eigenvalue weighted by Crippen LogP contribution is 2.11. The summed E-state index contributed by atoms with van der Waals surface area (Å²) in [5.74, 6) is -5.34. The lowest BCUT2D eigenvalue weighted by Gasteiger charge is -2.27. The van der Waals surface area contributed by atoms with Gasteiger partial charge in [0.15, 0.2) is 0 Å². The van der Waals surface area contributed by atoms with Crippen LogP contribution in [0.5, 0.6) is 0 Å². The van der Waals surface area contributed by atoms with Gasteiger partial charge in [-0.15, -0.1) is 0 Å². The second-order valence-electron chi connectivity index (χ2n) is 9.01. The molecule has 12 nitrogen and oxygen atoms in total. The van der Waals surface area contributed by atoms with Crippen molar-refractivity contribution in [3.8, 4) is 0 Å². The lowest BCUT2D eigenvalue weighted by atomic mass is 9.97. The van der Waals surface area contributed by atoms with Gasteiger partial charge in [0.1, 0.15) is 18.1 Å². The third kappa shape index (κ3) is 11.4. The summed E-state index contributed by atoms with van der Waals surface area (Å²) in [5, 5.41) is 26.1. The van der Waals surface area contributed by atoms with Crippen molar-refractivity contribution in [3.63, 3.8) is 0 Å². The summed E-state index contributed by atoms with van der Waals surface area (Å²) >= 11 is 0. The molecule has 1 rings (SSSR count). The predicted octanol–water partition coefficient (Wildman–Crippen LogP) is -0.255. The van der Waals surface area contributed by atoms with E-state index in [1.807, 2.05) is 0 Å². The number of nitrogens with one attached hydrogen (secondary N) is 3. The Balaban J connectivity index is 2.99. The molecule has 0 saturated heterocycles. The fourth-order valence-corrected chi connectivity index (χ4v) is 3.57. The molecule has 12 heteroatoms. The molecule has 0 aliphatic heterocycles. The summed E-state index contributed by atoms with van der Waals surface area (Å²) in [6.45, 7) is 3.99. The first-order valence-corrected chi connectivity index (χ1v) is 12.3. The van der Waals surface area contributed by atoms with E-state index in [1.165, 1.54) is 0 Å². The molecule has 0 bridgehead atoms. The number of carbonyl (C=O) groups is 5. The summed E-state index contributed by atoms with van der Waals surface area (Å²) in [4.78, 5) is 61.7. The molecule has 9 N–H and O–H groups in total. The minimum atomic E-state index is -1.57. The number of benzene rings is 1. The Kier molecular flexibility index (Phi) is 13.9. The SMILES string of the molecule is CCC(C)C(NC(=O)C(N)CCCCN)C(=O)NC(CC(=O)O)C(=O)NC(Cc1ccccc1)C(=O)O. The second-order valence-corrected chi connectivity index (χ2v) is 9.01. The number of unbranched alkanes of at least 4 members (excludes halogenated alkanes) is 1. The summed E-state index contributed by atoms with van der Waals surface area (Å²) in [7, 11) is 0. The summed E-state index contributed by atoms with van der Waals surface area (Å²) in [6.07, 6.45) is 1.39. The Morgan fingerprint density at radius 3 is 2.05 bits per heavy atom. The van der Waals surface area contributed by atoms with Crippen LogP contribution in [0.3, 0.4) is 0 Å². The molecule has 1 aromatic carbocycles. The number of carboxylic acid groups (broad SMARTS) is 2. The van der Waals surface area contributed by atoms with Crippen molar-refractivity contribution in [1.29, 1.82) is 0 Å². The van der Waals surface area contributed by atoms with Crippen LogP contribution >= 0.6 is 0 Å². The zero-order chi connectivity index (χ0) is 28.0. The van der Waals surface area contributed by atoms with Crippen LogP contribution in [0.25, 0.3) is 0 Å². The molecule has 0 heterocycles. The van der Waals surface area contributed by atoms with Crippen LogP contribution in [0.1, 0.15) is 51.5 Å². The first-order valence-electron chi connectivity index (χ1n) is 12.3. The molecule has 0 fully saturated rings. The average molecular weight is 522 g/mol. The van der Waals surface area contributed by atoms with Crippen molar-refractivity contribution < 1.29 is 34.2 Å². The van der Waals surface area contributed by atoms with E-state index in [0.717, 1.165) is 0 Å². The van der Waals surface area contributed by atoms with Crippen molar-refractivity contribution >= 4 is 29.7 Å². The molecule has 0 spiro atoms. The lowest BCUT2D eigenvalue weighted by Crippen LogP contribution is -2.59. The maximum atomic E-state index is 13.1. The zero-order valence-corrected chi connectivity index (χ0v) is 21.3. The fourth-order valence-electron chi connectivity index (χ4n) is 3.57. The Labute approximate surface area is 216 Å². The Morgan fingerprint density at radius 1 is 0.892 bits per heavy atom. The number of nitrogens with two attached hydrogens (primary N) is 2. The number of carbonyl (C=O) groups excluding carboxylic acids is 3. The number of aliphatic carboxylic acids is 2. The van der Waals surface area contributed by atoms with Gasteiger partial charge in [0.25, 0.3) is 0 Å². The van der Waals surface area contributed by atoms with E-state index in [-0.39, 0.29) is 12.3 Å². The van der Waals surface area contributed by atoms with Gasteiger partial charge in [-0.25, -0.2) is 4.79 Å². The number of amides is 3. The van der Waals surface area contributed by atoms with Gasteiger partial charge in [0.05, 0.1) is 12.5 Å². The van der Waals surface area contributed by atoms with Crippen molar-refractivity contribution in [2.45, 2.75) is 76.5 Å². The predicted molar refractivity (Wildman–Crippen MR) is 136 cm³/mol. The Bertz CT molecular complexity index is 912. The van der Waals surface area contributed by atoms with Crippen molar-refractivity contribution in [2.75, 3.05) is 6.54 Å². The van der Waals surface area contributed by atoms with E-state index < -0.39 is 60.2 Å². The van der Waals surface area contributed by atoms with Crippen LogP contribution in [0.2, 0.25) is 0 Å². The lowest BCUT2D eigenvalue weighted by molar-refractivity contribution is -0.143. The van der Waals surface area contributed by atoms with Gasteiger partial charge in [-0.1, -0.05) is 57.0 Å². The van der Waals surface area contributed by atoms with Gasteiger partial charge < -0.3 is 37.6 Å². The number of rotatable bonds is 17. The number of carboxylic acids is 2. The highest BCUT2D eigenvalue weighted by molar-refractivity contribution is 5.95. The van der Waals surface area contributed by atoms with Crippen LogP contribution in [0.15, 0.2) is 30.3 Å². The third-order valence-electron chi connectivity index (χ3n) is 6.01. The molecule has 0 radical (unpaired) electrons. The normalized spacial score (nSPS) is 14.9. The maximum Gasteiger partial charge on any atom is 0.326 e. The third-order valence-corrected chi connectivity index (χ3v) is 6.01. The van der Waals surface area contributed by atoms with E-state index in [1.54, 1.807) is 44.2 Å².